The van der Waals surface area contributed by atoms with Gasteiger partial charge in [-0.1, -0.05) is 12.1 Å². The quantitative estimate of drug-likeness (QED) is 0.790. The Hall–Kier alpha value is -2.67. The van der Waals surface area contributed by atoms with Gasteiger partial charge in [-0.15, -0.1) is 0 Å². The number of halogens is 1. The fourth-order valence-corrected chi connectivity index (χ4v) is 4.53. The Balaban J connectivity index is 1.50. The molecule has 0 bridgehead atoms. The molecule has 1 saturated carbocycles. The number of pyridine rings is 1. The molecule has 2 aromatic rings. The normalized spacial score (nSPS) is 20.0. The molecule has 2 fully saturated rings. The van der Waals surface area contributed by atoms with Crippen molar-refractivity contribution >= 4 is 6.03 Å². The lowest BCUT2D eigenvalue weighted by Crippen LogP contribution is -2.55. The van der Waals surface area contributed by atoms with Gasteiger partial charge in [-0.05, 0) is 62.7 Å². The molecule has 2 amide bonds. The van der Waals surface area contributed by atoms with Crippen LogP contribution in [-0.2, 0) is 13.1 Å². The lowest BCUT2D eigenvalue weighted by Gasteiger charge is -2.43. The number of likely N-dealkylation sites (tertiary alicyclic amines) is 1. The van der Waals surface area contributed by atoms with Crippen LogP contribution in [-0.4, -0.2) is 54.1 Å². The zero-order valence-corrected chi connectivity index (χ0v) is 17.6. The highest BCUT2D eigenvalue weighted by molar-refractivity contribution is 5.74. The fraction of sp³-hybridized carbons (Fsp3) is 0.478. The summed E-state index contributed by atoms with van der Waals surface area (Å²) in [5.74, 6) is 0.420. The molecule has 1 spiro atoms. The standard InChI is InChI=1S/C23H29FN4O2/c1-27-12-9-21(23(16-27)10-11-23)28(15-19-6-5-18(24)14-25-19)22(29)26-13-17-3-7-20(30-2)8-4-17/h3-8,14,21H,9-13,15-16H2,1-2H3,(H,26,29). The van der Waals surface area contributed by atoms with Crippen LogP contribution in [0.25, 0.3) is 0 Å². The summed E-state index contributed by atoms with van der Waals surface area (Å²) >= 11 is 0. The summed E-state index contributed by atoms with van der Waals surface area (Å²) in [5, 5.41) is 3.07. The van der Waals surface area contributed by atoms with Crippen molar-refractivity contribution in [2.45, 2.75) is 38.4 Å². The molecule has 4 rings (SSSR count). The molecule has 2 aliphatic rings. The monoisotopic (exact) mass is 412 g/mol. The minimum atomic E-state index is -0.368. The zero-order valence-electron chi connectivity index (χ0n) is 17.6. The highest BCUT2D eigenvalue weighted by Crippen LogP contribution is 2.54. The first-order valence-electron chi connectivity index (χ1n) is 10.5. The number of methoxy groups -OCH3 is 1. The van der Waals surface area contributed by atoms with Gasteiger partial charge in [0.25, 0.3) is 0 Å². The van der Waals surface area contributed by atoms with Gasteiger partial charge >= 0.3 is 6.03 Å². The molecule has 1 atom stereocenters. The lowest BCUT2D eigenvalue weighted by molar-refractivity contribution is 0.0669. The molecule has 1 aromatic heterocycles. The average molecular weight is 413 g/mol. The van der Waals surface area contributed by atoms with Crippen LogP contribution >= 0.6 is 0 Å². The van der Waals surface area contributed by atoms with Gasteiger partial charge in [0.1, 0.15) is 11.6 Å². The van der Waals surface area contributed by atoms with Gasteiger partial charge in [-0.2, -0.15) is 0 Å². The van der Waals surface area contributed by atoms with Crippen LogP contribution in [0.5, 0.6) is 5.75 Å². The summed E-state index contributed by atoms with van der Waals surface area (Å²) < 4.78 is 18.5. The Morgan fingerprint density at radius 3 is 2.70 bits per heavy atom. The van der Waals surface area contributed by atoms with E-state index in [1.165, 1.54) is 12.3 Å². The number of benzene rings is 1. The first kappa shape index (κ1) is 20.6. The third-order valence-electron chi connectivity index (χ3n) is 6.33. The first-order valence-corrected chi connectivity index (χ1v) is 10.5. The maximum atomic E-state index is 13.3. The highest BCUT2D eigenvalue weighted by Gasteiger charge is 2.54. The van der Waals surface area contributed by atoms with Crippen LogP contribution in [0.2, 0.25) is 0 Å². The third-order valence-corrected chi connectivity index (χ3v) is 6.33. The van der Waals surface area contributed by atoms with Crippen LogP contribution in [0.4, 0.5) is 9.18 Å². The van der Waals surface area contributed by atoms with Crippen molar-refractivity contribution in [3.63, 3.8) is 0 Å². The molecule has 2 heterocycles. The second kappa shape index (κ2) is 8.60. The Kier molecular flexibility index (Phi) is 5.90. The van der Waals surface area contributed by atoms with Crippen molar-refractivity contribution < 1.29 is 13.9 Å². The Bertz CT molecular complexity index is 868. The second-order valence-electron chi connectivity index (χ2n) is 8.51. The lowest BCUT2D eigenvalue weighted by atomic mass is 9.87. The smallest absolute Gasteiger partial charge is 0.318 e. The predicted octanol–water partition coefficient (Wildman–Crippen LogP) is 3.43. The van der Waals surface area contributed by atoms with Gasteiger partial charge in [-0.3, -0.25) is 4.98 Å². The molecule has 1 saturated heterocycles. The van der Waals surface area contributed by atoms with E-state index in [0.29, 0.717) is 18.8 Å². The van der Waals surface area contributed by atoms with Crippen LogP contribution < -0.4 is 10.1 Å². The molecule has 0 radical (unpaired) electrons. The number of rotatable bonds is 6. The SMILES string of the molecule is COc1ccc(CNC(=O)N(Cc2ccc(F)cn2)C2CCN(C)CC23CC3)cc1. The minimum Gasteiger partial charge on any atom is -0.497 e. The number of nitrogens with zero attached hydrogens (tertiary/aromatic N) is 3. The molecule has 1 aliphatic carbocycles. The predicted molar refractivity (Wildman–Crippen MR) is 113 cm³/mol. The van der Waals surface area contributed by atoms with Crippen molar-refractivity contribution in [3.05, 3.63) is 59.7 Å². The zero-order chi connectivity index (χ0) is 21.1. The third kappa shape index (κ3) is 4.56. The van der Waals surface area contributed by atoms with E-state index in [2.05, 4.69) is 22.2 Å². The van der Waals surface area contributed by atoms with E-state index in [4.69, 9.17) is 4.74 Å². The molecule has 160 valence electrons. The highest BCUT2D eigenvalue weighted by atomic mass is 19.1. The molecule has 1 N–H and O–H groups in total. The van der Waals surface area contributed by atoms with Gasteiger partial charge in [0.05, 0.1) is 25.5 Å². The van der Waals surface area contributed by atoms with Crippen molar-refractivity contribution in [1.82, 2.24) is 20.1 Å². The van der Waals surface area contributed by atoms with Gasteiger partial charge in [0, 0.05) is 24.5 Å². The van der Waals surface area contributed by atoms with Crippen molar-refractivity contribution in [1.29, 1.82) is 0 Å². The number of amides is 2. The number of ether oxygens (including phenoxy) is 1. The molecule has 6 nitrogen and oxygen atoms in total. The second-order valence-corrected chi connectivity index (χ2v) is 8.51. The molecular weight excluding hydrogens is 383 g/mol. The van der Waals surface area contributed by atoms with Gasteiger partial charge < -0.3 is 19.9 Å². The number of aromatic nitrogens is 1. The number of carbonyl (C=O) groups is 1. The largest absolute Gasteiger partial charge is 0.497 e. The Labute approximate surface area is 177 Å². The summed E-state index contributed by atoms with van der Waals surface area (Å²) in [6.07, 6.45) is 4.43. The van der Waals surface area contributed by atoms with Crippen molar-refractivity contribution in [2.75, 3.05) is 27.2 Å². The van der Waals surface area contributed by atoms with Gasteiger partial charge in [0.2, 0.25) is 0 Å². The summed E-state index contributed by atoms with van der Waals surface area (Å²) in [4.78, 5) is 21.8. The molecule has 30 heavy (non-hydrogen) atoms. The molecule has 1 aromatic carbocycles. The van der Waals surface area contributed by atoms with Crippen LogP contribution in [0.1, 0.15) is 30.5 Å². The van der Waals surface area contributed by atoms with Crippen LogP contribution in [0, 0.1) is 11.2 Å². The minimum absolute atomic E-state index is 0.0993. The summed E-state index contributed by atoms with van der Waals surface area (Å²) in [5.41, 5.74) is 1.88. The van der Waals surface area contributed by atoms with E-state index >= 15 is 0 Å². The van der Waals surface area contributed by atoms with E-state index < -0.39 is 0 Å². The average Bonchev–Trinajstić information content (AvgIpc) is 3.51. The van der Waals surface area contributed by atoms with Crippen LogP contribution in [0.15, 0.2) is 42.6 Å². The summed E-state index contributed by atoms with van der Waals surface area (Å²) in [6, 6.07) is 10.8. The summed E-state index contributed by atoms with van der Waals surface area (Å²) in [6.45, 7) is 2.79. The van der Waals surface area contributed by atoms with Crippen LogP contribution in [0.3, 0.4) is 0 Å². The topological polar surface area (TPSA) is 57.7 Å². The number of urea groups is 1. The molecule has 1 unspecified atom stereocenters. The van der Waals surface area contributed by atoms with E-state index in [1.807, 2.05) is 29.2 Å². The summed E-state index contributed by atoms with van der Waals surface area (Å²) in [7, 11) is 3.78. The van der Waals surface area contributed by atoms with Gasteiger partial charge in [0.15, 0.2) is 0 Å². The van der Waals surface area contributed by atoms with E-state index in [0.717, 1.165) is 43.7 Å². The van der Waals surface area contributed by atoms with E-state index in [9.17, 15) is 9.18 Å². The first-order chi connectivity index (χ1) is 14.5. The number of piperidine rings is 1. The molecule has 7 heteroatoms. The maximum Gasteiger partial charge on any atom is 0.318 e. The number of carbonyl (C=O) groups excluding carboxylic acids is 1. The Morgan fingerprint density at radius 2 is 2.07 bits per heavy atom. The maximum absolute atomic E-state index is 13.3. The molecular formula is C23H29FN4O2. The van der Waals surface area contributed by atoms with Gasteiger partial charge in [-0.25, -0.2) is 9.18 Å². The Morgan fingerprint density at radius 1 is 1.30 bits per heavy atom. The molecule has 1 aliphatic heterocycles. The number of hydrogen-bond donors (Lipinski definition) is 1. The fourth-order valence-electron chi connectivity index (χ4n) is 4.53. The number of hydrogen-bond acceptors (Lipinski definition) is 4. The van der Waals surface area contributed by atoms with E-state index in [-0.39, 0.29) is 23.3 Å². The van der Waals surface area contributed by atoms with Crippen molar-refractivity contribution in [2.24, 2.45) is 5.41 Å². The van der Waals surface area contributed by atoms with Crippen molar-refractivity contribution in [3.8, 4) is 5.75 Å². The number of nitrogens with one attached hydrogen (secondary N) is 1. The van der Waals surface area contributed by atoms with E-state index in [1.54, 1.807) is 13.2 Å².